The number of carbonyl (C=O) groups excluding carboxylic acids is 2. The first-order valence-corrected chi connectivity index (χ1v) is 8.09. The van der Waals surface area contributed by atoms with E-state index >= 15 is 0 Å². The quantitative estimate of drug-likeness (QED) is 0.890. The standard InChI is InChI=1S/C18H17ClN2O3/c19-15-3-1-2-4-16(15)24-14-7-5-13(6-8-14)21-18(23)12-9-10-20-17(22)11-12/h1-8,12H,9-11H2,(H,20,22)(H,21,23)/t12-/m0/s1. The van der Waals surface area contributed by atoms with Crippen molar-refractivity contribution in [3.8, 4) is 11.5 Å². The van der Waals surface area contributed by atoms with E-state index in [0.29, 0.717) is 35.2 Å². The van der Waals surface area contributed by atoms with Crippen LogP contribution in [0.2, 0.25) is 5.02 Å². The lowest BCUT2D eigenvalue weighted by atomic mass is 9.96. The summed E-state index contributed by atoms with van der Waals surface area (Å²) < 4.78 is 5.70. The van der Waals surface area contributed by atoms with Crippen LogP contribution in [-0.4, -0.2) is 18.4 Å². The predicted octanol–water partition coefficient (Wildman–Crippen LogP) is 3.60. The molecule has 5 nitrogen and oxygen atoms in total. The summed E-state index contributed by atoms with van der Waals surface area (Å²) in [6, 6.07) is 14.2. The summed E-state index contributed by atoms with van der Waals surface area (Å²) in [6.07, 6.45) is 0.894. The minimum atomic E-state index is -0.280. The molecule has 1 aliphatic heterocycles. The molecule has 1 atom stereocenters. The van der Waals surface area contributed by atoms with Crippen molar-refractivity contribution in [2.24, 2.45) is 5.92 Å². The van der Waals surface area contributed by atoms with Crippen LogP contribution in [0.4, 0.5) is 5.69 Å². The van der Waals surface area contributed by atoms with Gasteiger partial charge in [0.15, 0.2) is 0 Å². The van der Waals surface area contributed by atoms with Gasteiger partial charge in [0.1, 0.15) is 11.5 Å². The van der Waals surface area contributed by atoms with Crippen LogP contribution < -0.4 is 15.4 Å². The highest BCUT2D eigenvalue weighted by atomic mass is 35.5. The fourth-order valence-corrected chi connectivity index (χ4v) is 2.69. The largest absolute Gasteiger partial charge is 0.456 e. The fourth-order valence-electron chi connectivity index (χ4n) is 2.51. The molecule has 0 unspecified atom stereocenters. The maximum absolute atomic E-state index is 12.2. The molecule has 1 saturated heterocycles. The Hall–Kier alpha value is -2.53. The highest BCUT2D eigenvalue weighted by Crippen LogP contribution is 2.29. The monoisotopic (exact) mass is 344 g/mol. The van der Waals surface area contributed by atoms with Crippen LogP contribution in [-0.2, 0) is 9.59 Å². The van der Waals surface area contributed by atoms with E-state index in [-0.39, 0.29) is 24.2 Å². The molecule has 6 heteroatoms. The van der Waals surface area contributed by atoms with Gasteiger partial charge in [0.25, 0.3) is 0 Å². The van der Waals surface area contributed by atoms with Crippen molar-refractivity contribution in [1.29, 1.82) is 0 Å². The van der Waals surface area contributed by atoms with Crippen LogP contribution in [0.1, 0.15) is 12.8 Å². The first kappa shape index (κ1) is 16.3. The van der Waals surface area contributed by atoms with Crippen molar-refractivity contribution in [2.45, 2.75) is 12.8 Å². The number of amides is 2. The maximum atomic E-state index is 12.2. The highest BCUT2D eigenvalue weighted by Gasteiger charge is 2.25. The zero-order valence-electron chi connectivity index (χ0n) is 12.9. The van der Waals surface area contributed by atoms with Crippen LogP contribution in [0.25, 0.3) is 0 Å². The van der Waals surface area contributed by atoms with Crippen molar-refractivity contribution in [3.63, 3.8) is 0 Å². The van der Waals surface area contributed by atoms with Gasteiger partial charge in [-0.25, -0.2) is 0 Å². The van der Waals surface area contributed by atoms with E-state index < -0.39 is 0 Å². The van der Waals surface area contributed by atoms with E-state index in [1.54, 1.807) is 36.4 Å². The summed E-state index contributed by atoms with van der Waals surface area (Å²) in [6.45, 7) is 0.543. The predicted molar refractivity (Wildman–Crippen MR) is 92.3 cm³/mol. The summed E-state index contributed by atoms with van der Waals surface area (Å²) in [5.41, 5.74) is 0.664. The Morgan fingerprint density at radius 2 is 1.92 bits per heavy atom. The molecule has 0 saturated carbocycles. The molecule has 2 aromatic carbocycles. The number of hydrogen-bond acceptors (Lipinski definition) is 3. The summed E-state index contributed by atoms with van der Waals surface area (Å²) >= 11 is 6.06. The third-order valence-corrected chi connectivity index (χ3v) is 4.12. The average molecular weight is 345 g/mol. The van der Waals surface area contributed by atoms with Crippen LogP contribution in [0.3, 0.4) is 0 Å². The zero-order chi connectivity index (χ0) is 16.9. The van der Waals surface area contributed by atoms with Crippen LogP contribution in [0.15, 0.2) is 48.5 Å². The second kappa shape index (κ2) is 7.36. The number of carbonyl (C=O) groups is 2. The van der Waals surface area contributed by atoms with Gasteiger partial charge in [-0.2, -0.15) is 0 Å². The van der Waals surface area contributed by atoms with Gasteiger partial charge in [-0.1, -0.05) is 23.7 Å². The molecule has 1 aliphatic rings. The second-order valence-corrected chi connectivity index (χ2v) is 5.99. The van der Waals surface area contributed by atoms with Crippen molar-refractivity contribution < 1.29 is 14.3 Å². The SMILES string of the molecule is O=C1C[C@@H](C(=O)Nc2ccc(Oc3ccccc3Cl)cc2)CCN1. The van der Waals surface area contributed by atoms with E-state index in [9.17, 15) is 9.59 Å². The Kier molecular flexibility index (Phi) is 5.01. The molecule has 3 rings (SSSR count). The summed E-state index contributed by atoms with van der Waals surface area (Å²) in [7, 11) is 0. The van der Waals surface area contributed by atoms with E-state index in [0.717, 1.165) is 0 Å². The summed E-state index contributed by atoms with van der Waals surface area (Å²) in [4.78, 5) is 23.6. The van der Waals surface area contributed by atoms with Crippen molar-refractivity contribution >= 4 is 29.1 Å². The molecule has 2 aromatic rings. The van der Waals surface area contributed by atoms with Gasteiger partial charge in [-0.05, 0) is 42.8 Å². The van der Waals surface area contributed by atoms with Gasteiger partial charge in [-0.15, -0.1) is 0 Å². The van der Waals surface area contributed by atoms with Crippen LogP contribution >= 0.6 is 11.6 Å². The van der Waals surface area contributed by atoms with E-state index in [4.69, 9.17) is 16.3 Å². The Morgan fingerprint density at radius 3 is 2.62 bits per heavy atom. The topological polar surface area (TPSA) is 67.4 Å². The van der Waals surface area contributed by atoms with Gasteiger partial charge in [0, 0.05) is 24.6 Å². The Bertz CT molecular complexity index is 746. The molecular formula is C18H17ClN2O3. The molecule has 0 radical (unpaired) electrons. The normalized spacial score (nSPS) is 17.0. The molecule has 124 valence electrons. The number of anilines is 1. The number of benzene rings is 2. The zero-order valence-corrected chi connectivity index (χ0v) is 13.7. The lowest BCUT2D eigenvalue weighted by Crippen LogP contribution is -2.38. The Morgan fingerprint density at radius 1 is 1.17 bits per heavy atom. The number of halogens is 1. The third kappa shape index (κ3) is 4.06. The first-order valence-electron chi connectivity index (χ1n) is 7.72. The van der Waals surface area contributed by atoms with Gasteiger partial charge >= 0.3 is 0 Å². The summed E-state index contributed by atoms with van der Waals surface area (Å²) in [5, 5.41) is 6.09. The van der Waals surface area contributed by atoms with Crippen molar-refractivity contribution in [1.82, 2.24) is 5.32 Å². The number of rotatable bonds is 4. The molecule has 0 aliphatic carbocycles. The number of para-hydroxylation sites is 1. The number of ether oxygens (including phenoxy) is 1. The van der Waals surface area contributed by atoms with Gasteiger partial charge in [-0.3, -0.25) is 9.59 Å². The average Bonchev–Trinajstić information content (AvgIpc) is 2.58. The number of piperidine rings is 1. The van der Waals surface area contributed by atoms with E-state index in [2.05, 4.69) is 10.6 Å². The minimum absolute atomic E-state index is 0.0788. The number of nitrogens with one attached hydrogen (secondary N) is 2. The molecule has 24 heavy (non-hydrogen) atoms. The molecular weight excluding hydrogens is 328 g/mol. The Labute approximate surface area is 145 Å². The fraction of sp³-hybridized carbons (Fsp3) is 0.222. The van der Waals surface area contributed by atoms with Gasteiger partial charge in [0.05, 0.1) is 5.02 Å². The minimum Gasteiger partial charge on any atom is -0.456 e. The number of hydrogen-bond donors (Lipinski definition) is 2. The second-order valence-electron chi connectivity index (χ2n) is 5.59. The van der Waals surface area contributed by atoms with E-state index in [1.807, 2.05) is 12.1 Å². The molecule has 0 spiro atoms. The molecule has 2 N–H and O–H groups in total. The first-order chi connectivity index (χ1) is 11.6. The van der Waals surface area contributed by atoms with E-state index in [1.165, 1.54) is 0 Å². The third-order valence-electron chi connectivity index (χ3n) is 3.80. The van der Waals surface area contributed by atoms with Crippen molar-refractivity contribution in [2.75, 3.05) is 11.9 Å². The van der Waals surface area contributed by atoms with Crippen LogP contribution in [0.5, 0.6) is 11.5 Å². The van der Waals surface area contributed by atoms with Gasteiger partial charge < -0.3 is 15.4 Å². The van der Waals surface area contributed by atoms with Gasteiger partial charge in [0.2, 0.25) is 11.8 Å². The molecule has 0 bridgehead atoms. The molecule has 1 heterocycles. The van der Waals surface area contributed by atoms with Crippen molar-refractivity contribution in [3.05, 3.63) is 53.6 Å². The van der Waals surface area contributed by atoms with Crippen LogP contribution in [0, 0.1) is 5.92 Å². The highest BCUT2D eigenvalue weighted by molar-refractivity contribution is 6.32. The lowest BCUT2D eigenvalue weighted by Gasteiger charge is -2.21. The lowest BCUT2D eigenvalue weighted by molar-refractivity contribution is -0.129. The molecule has 1 fully saturated rings. The smallest absolute Gasteiger partial charge is 0.228 e. The molecule has 0 aromatic heterocycles. The summed E-state index contributed by atoms with van der Waals surface area (Å²) in [5.74, 6) is 0.703. The Balaban J connectivity index is 1.61. The maximum Gasteiger partial charge on any atom is 0.228 e. The molecule has 2 amide bonds.